The van der Waals surface area contributed by atoms with Gasteiger partial charge in [-0.05, 0) is 12.0 Å². The topological polar surface area (TPSA) is 43.1 Å². The second-order valence-corrected chi connectivity index (χ2v) is 2.41. The van der Waals surface area contributed by atoms with Crippen molar-refractivity contribution < 1.29 is 21.9 Å². The van der Waals surface area contributed by atoms with Crippen LogP contribution >= 0.6 is 0 Å². The summed E-state index contributed by atoms with van der Waals surface area (Å²) in [5, 5.41) is 0. The SMILES string of the molecule is N[C@H]([C-]=O)Cc1ccccc1.[Mn]. The van der Waals surface area contributed by atoms with Gasteiger partial charge >= 0.3 is 0 Å². The molecule has 0 aliphatic carbocycles. The van der Waals surface area contributed by atoms with Crippen LogP contribution in [0.3, 0.4) is 0 Å². The third kappa shape index (κ3) is 3.67. The molecule has 0 aromatic heterocycles. The van der Waals surface area contributed by atoms with E-state index in [0.717, 1.165) is 5.56 Å². The van der Waals surface area contributed by atoms with Crippen molar-refractivity contribution in [3.63, 3.8) is 0 Å². The second kappa shape index (κ2) is 5.95. The van der Waals surface area contributed by atoms with E-state index in [1.54, 1.807) is 6.29 Å². The Labute approximate surface area is 82.6 Å². The summed E-state index contributed by atoms with van der Waals surface area (Å²) in [5.74, 6) is 0. The maximum Gasteiger partial charge on any atom is 0 e. The van der Waals surface area contributed by atoms with Crippen molar-refractivity contribution in [2.75, 3.05) is 0 Å². The van der Waals surface area contributed by atoms with E-state index in [9.17, 15) is 4.79 Å². The van der Waals surface area contributed by atoms with Crippen LogP contribution in [-0.4, -0.2) is 12.3 Å². The van der Waals surface area contributed by atoms with Gasteiger partial charge in [-0.25, -0.2) is 6.29 Å². The number of carbonyl (C=O) groups excluding carboxylic acids is 1. The van der Waals surface area contributed by atoms with Crippen molar-refractivity contribution in [2.24, 2.45) is 5.73 Å². The monoisotopic (exact) mass is 203 g/mol. The van der Waals surface area contributed by atoms with Gasteiger partial charge in [-0.3, -0.25) is 0 Å². The third-order valence-electron chi connectivity index (χ3n) is 1.45. The first kappa shape index (κ1) is 11.4. The first-order chi connectivity index (χ1) is 5.33. The quantitative estimate of drug-likeness (QED) is 0.579. The Bertz CT molecular complexity index is 225. The number of benzene rings is 1. The molecule has 1 rings (SSSR count). The maximum atomic E-state index is 10.1. The molecular weight excluding hydrogens is 193 g/mol. The fourth-order valence-corrected chi connectivity index (χ4v) is 0.910. The smallest absolute Gasteiger partial charge is 0 e. The van der Waals surface area contributed by atoms with Gasteiger partial charge in [-0.2, -0.15) is 0 Å². The van der Waals surface area contributed by atoms with Crippen molar-refractivity contribution in [1.82, 2.24) is 0 Å². The normalized spacial score (nSPS) is 11.4. The van der Waals surface area contributed by atoms with Crippen LogP contribution in [0.2, 0.25) is 0 Å². The van der Waals surface area contributed by atoms with Gasteiger partial charge in [0, 0.05) is 17.1 Å². The fourth-order valence-electron chi connectivity index (χ4n) is 0.910. The van der Waals surface area contributed by atoms with Crippen LogP contribution in [0.15, 0.2) is 30.3 Å². The Morgan fingerprint density at radius 1 is 1.33 bits per heavy atom. The molecule has 0 unspecified atom stereocenters. The summed E-state index contributed by atoms with van der Waals surface area (Å²) in [5.41, 5.74) is 6.45. The molecule has 0 amide bonds. The van der Waals surface area contributed by atoms with E-state index in [0.29, 0.717) is 6.42 Å². The van der Waals surface area contributed by atoms with Crippen LogP contribution in [0.5, 0.6) is 0 Å². The number of hydrogen-bond acceptors (Lipinski definition) is 2. The number of hydrogen-bond donors (Lipinski definition) is 1. The van der Waals surface area contributed by atoms with Crippen LogP contribution in [0.1, 0.15) is 5.56 Å². The van der Waals surface area contributed by atoms with Crippen LogP contribution in [0.25, 0.3) is 0 Å². The average Bonchev–Trinajstić information content (AvgIpc) is 2.06. The van der Waals surface area contributed by atoms with E-state index in [1.165, 1.54) is 0 Å². The van der Waals surface area contributed by atoms with Crippen molar-refractivity contribution in [2.45, 2.75) is 12.5 Å². The zero-order chi connectivity index (χ0) is 8.10. The van der Waals surface area contributed by atoms with Crippen molar-refractivity contribution >= 4 is 6.29 Å². The van der Waals surface area contributed by atoms with E-state index in [4.69, 9.17) is 5.73 Å². The molecule has 0 heterocycles. The Balaban J connectivity index is 0.00000121. The van der Waals surface area contributed by atoms with Gasteiger partial charge in [-0.1, -0.05) is 36.4 Å². The van der Waals surface area contributed by atoms with E-state index in [2.05, 4.69) is 0 Å². The zero-order valence-corrected chi connectivity index (χ0v) is 7.72. The number of rotatable bonds is 3. The minimum Gasteiger partial charge on any atom is -0.540 e. The standard InChI is InChI=1S/C9H10NO.Mn/c10-9(7-11)6-8-4-2-1-3-5-8;/h1-5,9H,6,10H2;/q-1;/t9-;/m0./s1. The zero-order valence-electron chi connectivity index (χ0n) is 6.53. The predicted molar refractivity (Wildman–Crippen MR) is 43.8 cm³/mol. The van der Waals surface area contributed by atoms with Gasteiger partial charge in [0.2, 0.25) is 0 Å². The molecule has 1 aromatic carbocycles. The maximum absolute atomic E-state index is 10.1. The Hall–Kier alpha value is -0.631. The molecule has 0 bridgehead atoms. The van der Waals surface area contributed by atoms with Gasteiger partial charge in [0.05, 0.1) is 0 Å². The molecule has 65 valence electrons. The summed E-state index contributed by atoms with van der Waals surface area (Å²) in [6.07, 6.45) is 2.31. The minimum absolute atomic E-state index is 0. The van der Waals surface area contributed by atoms with Gasteiger partial charge < -0.3 is 10.5 Å². The number of nitrogens with two attached hydrogens (primary N) is 1. The van der Waals surface area contributed by atoms with E-state index in [1.807, 2.05) is 30.3 Å². The molecule has 12 heavy (non-hydrogen) atoms. The Morgan fingerprint density at radius 3 is 2.42 bits per heavy atom. The fraction of sp³-hybridized carbons (Fsp3) is 0.222. The largest absolute Gasteiger partial charge is 0.540 e. The van der Waals surface area contributed by atoms with Crippen LogP contribution in [0.4, 0.5) is 0 Å². The molecule has 2 N–H and O–H groups in total. The van der Waals surface area contributed by atoms with E-state index >= 15 is 0 Å². The summed E-state index contributed by atoms with van der Waals surface area (Å²) < 4.78 is 0. The van der Waals surface area contributed by atoms with E-state index in [-0.39, 0.29) is 17.1 Å². The molecular formula is C9H10MnNO-. The molecule has 2 nitrogen and oxygen atoms in total. The molecule has 0 aliphatic rings. The van der Waals surface area contributed by atoms with Gasteiger partial charge in [0.15, 0.2) is 0 Å². The molecule has 0 aliphatic heterocycles. The van der Waals surface area contributed by atoms with Crippen molar-refractivity contribution in [3.05, 3.63) is 35.9 Å². The Morgan fingerprint density at radius 2 is 1.92 bits per heavy atom. The van der Waals surface area contributed by atoms with Gasteiger partial charge in [-0.15, -0.1) is 0 Å². The van der Waals surface area contributed by atoms with Crippen LogP contribution < -0.4 is 5.73 Å². The Kier molecular flexibility index (Phi) is 5.64. The minimum atomic E-state index is -0.489. The first-order valence-electron chi connectivity index (χ1n) is 3.50. The predicted octanol–water partition coefficient (Wildman–Crippen LogP) is 0.664. The summed E-state index contributed by atoms with van der Waals surface area (Å²) in [6.45, 7) is 0. The molecule has 0 spiro atoms. The van der Waals surface area contributed by atoms with Gasteiger partial charge in [0.25, 0.3) is 0 Å². The molecule has 1 radical (unpaired) electrons. The van der Waals surface area contributed by atoms with Crippen LogP contribution in [0, 0.1) is 0 Å². The van der Waals surface area contributed by atoms with Crippen LogP contribution in [-0.2, 0) is 28.3 Å². The first-order valence-corrected chi connectivity index (χ1v) is 3.50. The molecule has 1 aromatic rings. The average molecular weight is 203 g/mol. The molecule has 3 heteroatoms. The second-order valence-electron chi connectivity index (χ2n) is 2.41. The van der Waals surface area contributed by atoms with E-state index < -0.39 is 6.04 Å². The summed E-state index contributed by atoms with van der Waals surface area (Å²) >= 11 is 0. The van der Waals surface area contributed by atoms with Crippen molar-refractivity contribution in [1.29, 1.82) is 0 Å². The molecule has 0 fully saturated rings. The summed E-state index contributed by atoms with van der Waals surface area (Å²) in [4.78, 5) is 10.1. The van der Waals surface area contributed by atoms with Gasteiger partial charge in [0.1, 0.15) is 0 Å². The third-order valence-corrected chi connectivity index (χ3v) is 1.45. The molecule has 0 saturated carbocycles. The summed E-state index contributed by atoms with van der Waals surface area (Å²) in [6, 6.07) is 9.17. The summed E-state index contributed by atoms with van der Waals surface area (Å²) in [7, 11) is 0. The van der Waals surface area contributed by atoms with Crippen molar-refractivity contribution in [3.8, 4) is 0 Å². The molecule has 1 atom stereocenters. The molecule has 0 saturated heterocycles.